The van der Waals surface area contributed by atoms with E-state index in [1.807, 2.05) is 0 Å². The van der Waals surface area contributed by atoms with E-state index in [-0.39, 0.29) is 6.54 Å². The van der Waals surface area contributed by atoms with Gasteiger partial charge in [-0.05, 0) is 30.3 Å². The summed E-state index contributed by atoms with van der Waals surface area (Å²) in [5.41, 5.74) is 2.47. The predicted molar refractivity (Wildman–Crippen MR) is 94.4 cm³/mol. The summed E-state index contributed by atoms with van der Waals surface area (Å²) in [5.74, 6) is -2.89. The van der Waals surface area contributed by atoms with Gasteiger partial charge in [0.15, 0.2) is 0 Å². The number of H-pyrrole nitrogens is 1. The Morgan fingerprint density at radius 2 is 1.89 bits per heavy atom. The highest BCUT2D eigenvalue weighted by molar-refractivity contribution is 5.97. The van der Waals surface area contributed by atoms with Gasteiger partial charge in [-0.15, -0.1) is 0 Å². The number of amides is 1. The quantitative estimate of drug-likeness (QED) is 0.703. The van der Waals surface area contributed by atoms with Crippen LogP contribution in [0.3, 0.4) is 0 Å². The van der Waals surface area contributed by atoms with Crippen LogP contribution in [0.4, 0.5) is 8.78 Å². The molecule has 0 saturated carbocycles. The topological polar surface area (TPSA) is 62.4 Å². The van der Waals surface area contributed by atoms with Gasteiger partial charge in [0.05, 0.1) is 12.7 Å². The number of carbonyl (C=O) groups is 2. The fourth-order valence-electron chi connectivity index (χ4n) is 3.49. The number of esters is 1. The first-order valence-electron chi connectivity index (χ1n) is 8.44. The number of aromatic nitrogens is 1. The van der Waals surface area contributed by atoms with E-state index in [9.17, 15) is 18.4 Å². The molecule has 0 bridgehead atoms. The lowest BCUT2D eigenvalue weighted by atomic mass is 10.0. The first kappa shape index (κ1) is 17.2. The van der Waals surface area contributed by atoms with Crippen molar-refractivity contribution in [2.24, 2.45) is 0 Å². The number of rotatable bonds is 2. The SMILES string of the molecule is COC(=O)c1ccc2[nH]c3c(c2c1)CN(C(=O)c1c(F)cccc1F)CC3. The molecule has 5 nitrogen and oxygen atoms in total. The summed E-state index contributed by atoms with van der Waals surface area (Å²) in [5, 5.41) is 0.791. The fourth-order valence-corrected chi connectivity index (χ4v) is 3.49. The molecule has 2 aromatic carbocycles. The highest BCUT2D eigenvalue weighted by Gasteiger charge is 2.28. The Kier molecular flexibility index (Phi) is 4.14. The zero-order chi connectivity index (χ0) is 19.1. The molecule has 4 rings (SSSR count). The van der Waals surface area contributed by atoms with Crippen LogP contribution in [0.1, 0.15) is 32.0 Å². The van der Waals surface area contributed by atoms with Crippen LogP contribution >= 0.6 is 0 Å². The molecule has 1 aromatic heterocycles. The van der Waals surface area contributed by atoms with Gasteiger partial charge in [0.1, 0.15) is 17.2 Å². The maximum atomic E-state index is 14.0. The highest BCUT2D eigenvalue weighted by atomic mass is 19.1. The molecular weight excluding hydrogens is 354 g/mol. The van der Waals surface area contributed by atoms with Crippen molar-refractivity contribution in [2.75, 3.05) is 13.7 Å². The van der Waals surface area contributed by atoms with Gasteiger partial charge in [0.2, 0.25) is 0 Å². The van der Waals surface area contributed by atoms with E-state index >= 15 is 0 Å². The van der Waals surface area contributed by atoms with Gasteiger partial charge in [-0.1, -0.05) is 6.07 Å². The molecule has 1 amide bonds. The molecule has 0 atom stereocenters. The van der Waals surface area contributed by atoms with Crippen molar-refractivity contribution in [3.05, 3.63) is 70.4 Å². The number of ether oxygens (including phenoxy) is 1. The summed E-state index contributed by atoms with van der Waals surface area (Å²) in [6, 6.07) is 8.51. The molecule has 2 heterocycles. The van der Waals surface area contributed by atoms with Crippen molar-refractivity contribution in [1.82, 2.24) is 9.88 Å². The van der Waals surface area contributed by atoms with Crippen molar-refractivity contribution in [3.63, 3.8) is 0 Å². The number of hydrogen-bond acceptors (Lipinski definition) is 3. The second-order valence-corrected chi connectivity index (χ2v) is 6.41. The smallest absolute Gasteiger partial charge is 0.337 e. The van der Waals surface area contributed by atoms with Crippen molar-refractivity contribution < 1.29 is 23.1 Å². The lowest BCUT2D eigenvalue weighted by Gasteiger charge is -2.27. The minimum atomic E-state index is -0.877. The number of benzene rings is 2. The van der Waals surface area contributed by atoms with Crippen molar-refractivity contribution in [1.29, 1.82) is 0 Å². The van der Waals surface area contributed by atoms with E-state index in [4.69, 9.17) is 4.74 Å². The number of fused-ring (bicyclic) bond motifs is 3. The average molecular weight is 370 g/mol. The van der Waals surface area contributed by atoms with E-state index < -0.39 is 29.1 Å². The molecule has 0 aliphatic carbocycles. The van der Waals surface area contributed by atoms with Crippen LogP contribution in [-0.2, 0) is 17.7 Å². The van der Waals surface area contributed by atoms with Crippen LogP contribution in [0, 0.1) is 11.6 Å². The molecule has 27 heavy (non-hydrogen) atoms. The van der Waals surface area contributed by atoms with Gasteiger partial charge < -0.3 is 14.6 Å². The average Bonchev–Trinajstić information content (AvgIpc) is 3.04. The Labute approximate surface area is 153 Å². The Balaban J connectivity index is 1.71. The van der Waals surface area contributed by atoms with E-state index in [0.29, 0.717) is 18.5 Å². The second kappa shape index (κ2) is 6.50. The van der Waals surface area contributed by atoms with Crippen LogP contribution in [-0.4, -0.2) is 35.4 Å². The van der Waals surface area contributed by atoms with Crippen molar-refractivity contribution in [3.8, 4) is 0 Å². The molecule has 0 fully saturated rings. The highest BCUT2D eigenvalue weighted by Crippen LogP contribution is 2.30. The molecule has 1 aliphatic rings. The molecule has 0 saturated heterocycles. The molecule has 0 unspecified atom stereocenters. The second-order valence-electron chi connectivity index (χ2n) is 6.41. The largest absolute Gasteiger partial charge is 0.465 e. The van der Waals surface area contributed by atoms with Crippen LogP contribution in [0.5, 0.6) is 0 Å². The van der Waals surface area contributed by atoms with Gasteiger partial charge >= 0.3 is 5.97 Å². The maximum absolute atomic E-state index is 14.0. The summed E-state index contributed by atoms with van der Waals surface area (Å²) in [6.45, 7) is 0.544. The lowest BCUT2D eigenvalue weighted by Crippen LogP contribution is -2.36. The zero-order valence-corrected chi connectivity index (χ0v) is 14.5. The minimum absolute atomic E-state index is 0.201. The van der Waals surface area contributed by atoms with Crippen molar-refractivity contribution in [2.45, 2.75) is 13.0 Å². The third kappa shape index (κ3) is 2.85. The third-order valence-electron chi connectivity index (χ3n) is 4.86. The first-order valence-corrected chi connectivity index (χ1v) is 8.44. The Morgan fingerprint density at radius 1 is 1.15 bits per heavy atom. The van der Waals surface area contributed by atoms with E-state index in [2.05, 4.69) is 4.98 Å². The fraction of sp³-hybridized carbons (Fsp3) is 0.200. The normalized spacial score (nSPS) is 13.5. The number of methoxy groups -OCH3 is 1. The molecule has 1 N–H and O–H groups in total. The maximum Gasteiger partial charge on any atom is 0.337 e. The number of carbonyl (C=O) groups excluding carboxylic acids is 2. The molecule has 1 aliphatic heterocycles. The van der Waals surface area contributed by atoms with Crippen LogP contribution in [0.15, 0.2) is 36.4 Å². The Morgan fingerprint density at radius 3 is 2.59 bits per heavy atom. The predicted octanol–water partition coefficient (Wildman–Crippen LogP) is 3.43. The van der Waals surface area contributed by atoms with Gasteiger partial charge in [-0.25, -0.2) is 13.6 Å². The number of nitrogens with zero attached hydrogens (tertiary/aromatic N) is 1. The molecule has 0 spiro atoms. The van der Waals surface area contributed by atoms with Crippen LogP contribution < -0.4 is 0 Å². The first-order chi connectivity index (χ1) is 13.0. The number of halogens is 2. The van der Waals surface area contributed by atoms with E-state index in [0.717, 1.165) is 34.3 Å². The third-order valence-corrected chi connectivity index (χ3v) is 4.86. The number of nitrogens with one attached hydrogen (secondary N) is 1. The number of aromatic amines is 1. The molecule has 138 valence electrons. The van der Waals surface area contributed by atoms with Gasteiger partial charge in [-0.3, -0.25) is 4.79 Å². The van der Waals surface area contributed by atoms with E-state index in [1.165, 1.54) is 18.1 Å². The van der Waals surface area contributed by atoms with Crippen LogP contribution in [0.25, 0.3) is 10.9 Å². The van der Waals surface area contributed by atoms with Gasteiger partial charge in [-0.2, -0.15) is 0 Å². The number of hydrogen-bond donors (Lipinski definition) is 1. The van der Waals surface area contributed by atoms with Crippen LogP contribution in [0.2, 0.25) is 0 Å². The van der Waals surface area contributed by atoms with Crippen molar-refractivity contribution >= 4 is 22.8 Å². The Hall–Kier alpha value is -3.22. The molecule has 7 heteroatoms. The molecule has 0 radical (unpaired) electrons. The van der Waals surface area contributed by atoms with E-state index in [1.54, 1.807) is 18.2 Å². The lowest BCUT2D eigenvalue weighted by molar-refractivity contribution is 0.0600. The standard InChI is InChI=1S/C20H16F2N2O3/c1-27-20(26)11-5-6-16-12(9-11)13-10-24(8-7-17(13)23-16)19(25)18-14(21)3-2-4-15(18)22/h2-6,9,23H,7-8,10H2,1H3. The zero-order valence-electron chi connectivity index (χ0n) is 14.5. The monoisotopic (exact) mass is 370 g/mol. The minimum Gasteiger partial charge on any atom is -0.465 e. The van der Waals surface area contributed by atoms with Gasteiger partial charge in [0.25, 0.3) is 5.91 Å². The van der Waals surface area contributed by atoms with Gasteiger partial charge in [0, 0.05) is 41.7 Å². The molecular formula is C20H16F2N2O3. The summed E-state index contributed by atoms with van der Waals surface area (Å²) in [4.78, 5) is 29.2. The summed E-state index contributed by atoms with van der Waals surface area (Å²) >= 11 is 0. The molecule has 3 aromatic rings. The summed E-state index contributed by atoms with van der Waals surface area (Å²) in [6.07, 6.45) is 0.527. The summed E-state index contributed by atoms with van der Waals surface area (Å²) in [7, 11) is 1.31. The Bertz CT molecular complexity index is 1050. The summed E-state index contributed by atoms with van der Waals surface area (Å²) < 4.78 is 32.7.